The highest BCUT2D eigenvalue weighted by Gasteiger charge is 2.23. The van der Waals surface area contributed by atoms with Gasteiger partial charge in [0.25, 0.3) is 11.6 Å². The third-order valence-corrected chi connectivity index (χ3v) is 7.43. The lowest BCUT2D eigenvalue weighted by Crippen LogP contribution is -2.34. The molecule has 11 heteroatoms. The van der Waals surface area contributed by atoms with Gasteiger partial charge in [0, 0.05) is 30.3 Å². The van der Waals surface area contributed by atoms with Gasteiger partial charge >= 0.3 is 0 Å². The number of fused-ring (bicyclic) bond motifs is 1. The number of benzene rings is 3. The maximum atomic E-state index is 12.9. The predicted molar refractivity (Wildman–Crippen MR) is 161 cm³/mol. The van der Waals surface area contributed by atoms with Crippen molar-refractivity contribution in [2.24, 2.45) is 0 Å². The van der Waals surface area contributed by atoms with Crippen LogP contribution in [0.1, 0.15) is 54.9 Å². The molecule has 1 amide bonds. The van der Waals surface area contributed by atoms with Crippen LogP contribution in [0.5, 0.6) is 0 Å². The number of nitrogens with one attached hydrogen (secondary N) is 2. The van der Waals surface area contributed by atoms with Gasteiger partial charge in [-0.15, -0.1) is 0 Å². The van der Waals surface area contributed by atoms with Gasteiger partial charge in [0.05, 0.1) is 15.6 Å². The smallest absolute Gasteiger partial charge is 0.293 e. The van der Waals surface area contributed by atoms with E-state index in [1.165, 1.54) is 11.6 Å². The number of hydrogen-bond donors (Lipinski definition) is 2. The molecular formula is C29H28ClN5O4S. The summed E-state index contributed by atoms with van der Waals surface area (Å²) in [4.78, 5) is 30.9. The number of oxazole rings is 1. The summed E-state index contributed by atoms with van der Waals surface area (Å²) in [5.74, 6) is 0.218. The van der Waals surface area contributed by atoms with E-state index in [1.807, 2.05) is 23.1 Å². The Balaban J connectivity index is 1.31. The molecule has 0 aliphatic carbocycles. The molecule has 4 aromatic rings. The number of carbonyl (C=O) groups excluding carboxylic acids is 1. The Labute approximate surface area is 241 Å². The molecule has 0 bridgehead atoms. The van der Waals surface area contributed by atoms with Gasteiger partial charge < -0.3 is 14.6 Å². The maximum absolute atomic E-state index is 12.9. The van der Waals surface area contributed by atoms with Crippen LogP contribution in [0, 0.1) is 10.1 Å². The second kappa shape index (κ2) is 11.6. The van der Waals surface area contributed by atoms with Crippen molar-refractivity contribution < 1.29 is 14.1 Å². The molecule has 0 unspecified atom stereocenters. The predicted octanol–water partition coefficient (Wildman–Crippen LogP) is 7.30. The summed E-state index contributed by atoms with van der Waals surface area (Å²) in [7, 11) is 0. The molecule has 2 N–H and O–H groups in total. The Hall–Kier alpha value is -4.02. The Morgan fingerprint density at radius 3 is 2.60 bits per heavy atom. The molecule has 1 aliphatic rings. The van der Waals surface area contributed by atoms with Gasteiger partial charge in [-0.25, -0.2) is 4.98 Å². The van der Waals surface area contributed by atoms with Crippen LogP contribution in [-0.4, -0.2) is 34.0 Å². The molecule has 1 aliphatic heterocycles. The van der Waals surface area contributed by atoms with Gasteiger partial charge in [-0.2, -0.15) is 0 Å². The number of nitro groups is 1. The van der Waals surface area contributed by atoms with Gasteiger partial charge in [0.1, 0.15) is 11.2 Å². The number of carbonyl (C=O) groups is 1. The first-order valence-electron chi connectivity index (χ1n) is 13.1. The summed E-state index contributed by atoms with van der Waals surface area (Å²) in [6.45, 7) is 5.74. The minimum absolute atomic E-state index is 0.00838. The molecule has 9 nitrogen and oxygen atoms in total. The average molecular weight is 578 g/mol. The Bertz CT molecular complexity index is 1610. The van der Waals surface area contributed by atoms with E-state index in [4.69, 9.17) is 28.2 Å². The highest BCUT2D eigenvalue weighted by Crippen LogP contribution is 2.33. The van der Waals surface area contributed by atoms with Crippen molar-refractivity contribution >= 4 is 63.0 Å². The van der Waals surface area contributed by atoms with E-state index in [2.05, 4.69) is 29.5 Å². The van der Waals surface area contributed by atoms with Crippen molar-refractivity contribution in [3.05, 3.63) is 80.9 Å². The molecule has 0 atom stereocenters. The summed E-state index contributed by atoms with van der Waals surface area (Å²) >= 11 is 11.7. The van der Waals surface area contributed by atoms with Gasteiger partial charge in [-0.3, -0.25) is 20.2 Å². The Kier molecular flexibility index (Phi) is 7.99. The standard InChI is InChI=1S/C29H28ClN5O4S/c1-17(2)18-8-11-26-23(14-18)31-28(39-26)20-6-9-21(30)22(15-20)32-29(40)33-27(36)19-7-10-24(25(16-19)35(37)38)34-12-4-3-5-13-34/h6-11,14-17H,3-5,12-13H2,1-2H3,(H2,32,33,36,40). The molecule has 206 valence electrons. The number of halogens is 1. The lowest BCUT2D eigenvalue weighted by molar-refractivity contribution is -0.384. The number of rotatable bonds is 6. The van der Waals surface area contributed by atoms with Crippen LogP contribution in [0.4, 0.5) is 17.1 Å². The van der Waals surface area contributed by atoms with Crippen molar-refractivity contribution in [1.82, 2.24) is 10.3 Å². The fourth-order valence-electron chi connectivity index (χ4n) is 4.72. The van der Waals surface area contributed by atoms with E-state index < -0.39 is 10.8 Å². The summed E-state index contributed by atoms with van der Waals surface area (Å²) in [6.07, 6.45) is 3.07. The van der Waals surface area contributed by atoms with E-state index in [1.54, 1.807) is 30.3 Å². The van der Waals surface area contributed by atoms with Crippen LogP contribution < -0.4 is 15.5 Å². The first-order chi connectivity index (χ1) is 19.2. The minimum Gasteiger partial charge on any atom is -0.436 e. The molecule has 2 heterocycles. The zero-order valence-corrected chi connectivity index (χ0v) is 23.6. The number of nitro benzene ring substituents is 1. The van der Waals surface area contributed by atoms with Crippen LogP contribution in [0.25, 0.3) is 22.6 Å². The summed E-state index contributed by atoms with van der Waals surface area (Å²) in [6, 6.07) is 15.6. The van der Waals surface area contributed by atoms with E-state index in [9.17, 15) is 14.9 Å². The van der Waals surface area contributed by atoms with Crippen molar-refractivity contribution in [2.75, 3.05) is 23.3 Å². The molecule has 1 fully saturated rings. The third-order valence-electron chi connectivity index (χ3n) is 6.90. The molecule has 0 radical (unpaired) electrons. The number of anilines is 2. The van der Waals surface area contributed by atoms with E-state index >= 15 is 0 Å². The van der Waals surface area contributed by atoms with Gasteiger partial charge in [0.15, 0.2) is 10.7 Å². The molecule has 1 aromatic heterocycles. The van der Waals surface area contributed by atoms with Gasteiger partial charge in [-0.1, -0.05) is 31.5 Å². The largest absolute Gasteiger partial charge is 0.436 e. The van der Waals surface area contributed by atoms with Crippen molar-refractivity contribution in [3.63, 3.8) is 0 Å². The second-order valence-corrected chi connectivity index (χ2v) is 10.8. The number of hydrogen-bond acceptors (Lipinski definition) is 7. The first-order valence-corrected chi connectivity index (χ1v) is 13.8. The van der Waals surface area contributed by atoms with E-state index in [-0.39, 0.29) is 16.4 Å². The fourth-order valence-corrected chi connectivity index (χ4v) is 5.09. The average Bonchev–Trinajstić information content (AvgIpc) is 3.38. The SMILES string of the molecule is CC(C)c1ccc2oc(-c3ccc(Cl)c(NC(=S)NC(=O)c4ccc(N5CCCCC5)c([N+](=O)[O-])c4)c3)nc2c1. The van der Waals surface area contributed by atoms with Crippen LogP contribution in [0.2, 0.25) is 5.02 Å². The van der Waals surface area contributed by atoms with E-state index in [0.717, 1.165) is 37.9 Å². The second-order valence-electron chi connectivity index (χ2n) is 10.0. The molecule has 3 aromatic carbocycles. The topological polar surface area (TPSA) is 114 Å². The highest BCUT2D eigenvalue weighted by atomic mass is 35.5. The number of thiocarbonyl (C=S) groups is 1. The number of piperidine rings is 1. The van der Waals surface area contributed by atoms with Crippen LogP contribution in [0.15, 0.2) is 59.0 Å². The maximum Gasteiger partial charge on any atom is 0.293 e. The fraction of sp³-hybridized carbons (Fsp3) is 0.276. The lowest BCUT2D eigenvalue weighted by atomic mass is 10.0. The molecule has 0 spiro atoms. The number of nitrogens with zero attached hydrogens (tertiary/aromatic N) is 3. The van der Waals surface area contributed by atoms with Crippen molar-refractivity contribution in [1.29, 1.82) is 0 Å². The summed E-state index contributed by atoms with van der Waals surface area (Å²) in [5, 5.41) is 17.7. The first kappa shape index (κ1) is 27.5. The van der Waals surface area contributed by atoms with Crippen molar-refractivity contribution in [3.8, 4) is 11.5 Å². The quantitative estimate of drug-likeness (QED) is 0.139. The highest BCUT2D eigenvalue weighted by molar-refractivity contribution is 7.80. The number of aromatic nitrogens is 1. The van der Waals surface area contributed by atoms with Gasteiger partial charge in [0.2, 0.25) is 5.89 Å². The van der Waals surface area contributed by atoms with Crippen LogP contribution in [-0.2, 0) is 0 Å². The van der Waals surface area contributed by atoms with Crippen molar-refractivity contribution in [2.45, 2.75) is 39.0 Å². The van der Waals surface area contributed by atoms with Crippen LogP contribution in [0.3, 0.4) is 0 Å². The molecular weight excluding hydrogens is 550 g/mol. The number of amides is 1. The van der Waals surface area contributed by atoms with Gasteiger partial charge in [-0.05, 0) is 85.4 Å². The molecule has 5 rings (SSSR count). The normalized spacial score (nSPS) is 13.4. The zero-order chi connectivity index (χ0) is 28.4. The molecule has 1 saturated heterocycles. The monoisotopic (exact) mass is 577 g/mol. The van der Waals surface area contributed by atoms with Crippen LogP contribution >= 0.6 is 23.8 Å². The Morgan fingerprint density at radius 1 is 1.10 bits per heavy atom. The third kappa shape index (κ3) is 5.93. The Morgan fingerprint density at radius 2 is 1.88 bits per heavy atom. The summed E-state index contributed by atoms with van der Waals surface area (Å²) < 4.78 is 5.95. The molecule has 0 saturated carbocycles. The molecule has 40 heavy (non-hydrogen) atoms. The van der Waals surface area contributed by atoms with E-state index in [0.29, 0.717) is 39.4 Å². The lowest BCUT2D eigenvalue weighted by Gasteiger charge is -2.28. The summed E-state index contributed by atoms with van der Waals surface area (Å²) in [5.41, 5.74) is 4.25. The minimum atomic E-state index is -0.571. The zero-order valence-electron chi connectivity index (χ0n) is 22.1.